The molecule has 0 unspecified atom stereocenters. The van der Waals surface area contributed by atoms with Gasteiger partial charge in [0.2, 0.25) is 5.91 Å². The van der Waals surface area contributed by atoms with Crippen LogP contribution in [0.15, 0.2) is 57.7 Å². The molecule has 3 aromatic rings. The van der Waals surface area contributed by atoms with E-state index in [1.54, 1.807) is 55.4 Å². The number of nitrogens with one attached hydrogen (secondary N) is 1. The van der Waals surface area contributed by atoms with Gasteiger partial charge in [-0.05, 0) is 30.1 Å². The lowest BCUT2D eigenvalue weighted by molar-refractivity contribution is -0.119. The molecule has 2 aromatic carbocycles. The molecule has 3 rings (SSSR count). The fourth-order valence-electron chi connectivity index (χ4n) is 2.72. The summed E-state index contributed by atoms with van der Waals surface area (Å²) in [6.07, 6.45) is 0. The zero-order chi connectivity index (χ0) is 20.5. The summed E-state index contributed by atoms with van der Waals surface area (Å²) < 4.78 is 28.7. The van der Waals surface area contributed by atoms with Gasteiger partial charge in [-0.1, -0.05) is 24.3 Å². The summed E-state index contributed by atoms with van der Waals surface area (Å²) in [5.74, 6) is -0.149. The number of likely N-dealkylation sites (N-methyl/N-ethyl adjacent to an activating group) is 2. The number of anilines is 1. The van der Waals surface area contributed by atoms with Crippen LogP contribution in [0, 0.1) is 6.85 Å². The van der Waals surface area contributed by atoms with Crippen molar-refractivity contribution in [3.63, 3.8) is 0 Å². The first-order valence-electron chi connectivity index (χ1n) is 9.30. The quantitative estimate of drug-likeness (QED) is 0.743. The molecule has 1 amide bonds. The van der Waals surface area contributed by atoms with E-state index in [2.05, 4.69) is 5.32 Å². The highest BCUT2D eigenvalue weighted by Crippen LogP contribution is 2.31. The summed E-state index contributed by atoms with van der Waals surface area (Å²) in [4.78, 5) is 25.5. The molecule has 1 aromatic heterocycles. The Morgan fingerprint density at radius 3 is 2.76 bits per heavy atom. The van der Waals surface area contributed by atoms with Crippen molar-refractivity contribution in [2.75, 3.05) is 25.5 Å². The zero-order valence-electron chi connectivity index (χ0n) is 17.0. The molecule has 0 fully saturated rings. The van der Waals surface area contributed by atoms with Gasteiger partial charge in [0, 0.05) is 47.0 Å². The molecule has 0 aliphatic heterocycles. The van der Waals surface area contributed by atoms with Crippen LogP contribution < -0.4 is 15.8 Å². The number of carbonyl (C=O) groups is 1. The van der Waals surface area contributed by atoms with Crippen LogP contribution in [0.1, 0.15) is 9.68 Å². The first kappa shape index (κ1) is 13.2. The molecular weight excluding hydrogens is 316 g/mol. The number of aryl methyl sites for hydroxylation is 1. The highest BCUT2D eigenvalue weighted by Gasteiger charge is 2.12. The van der Waals surface area contributed by atoms with Crippen LogP contribution >= 0.6 is 0 Å². The summed E-state index contributed by atoms with van der Waals surface area (Å²) in [5, 5.41) is 3.17. The number of hydrogen-bond donors (Lipinski definition) is 1. The number of hydrogen-bond acceptors (Lipinski definition) is 4. The molecule has 0 bridgehead atoms. The smallest absolute Gasteiger partial charge is 0.336 e. The molecular formula is C20H20N2O3. The topological polar surface area (TPSA) is 62.6 Å². The summed E-state index contributed by atoms with van der Waals surface area (Å²) in [5.41, 5.74) is 1.58. The third-order valence-corrected chi connectivity index (χ3v) is 4.05. The Balaban J connectivity index is 2.17. The average Bonchev–Trinajstić information content (AvgIpc) is 2.65. The number of benzene rings is 2. The summed E-state index contributed by atoms with van der Waals surface area (Å²) in [7, 11) is 3.31. The van der Waals surface area contributed by atoms with Gasteiger partial charge in [-0.25, -0.2) is 4.79 Å². The zero-order valence-corrected chi connectivity index (χ0v) is 14.0. The minimum absolute atomic E-state index is 0.147. The third-order valence-electron chi connectivity index (χ3n) is 4.05. The normalized spacial score (nSPS) is 13.0. The Bertz CT molecular complexity index is 1090. The maximum Gasteiger partial charge on any atom is 0.336 e. The van der Waals surface area contributed by atoms with Crippen LogP contribution in [0.5, 0.6) is 0 Å². The molecule has 128 valence electrons. The second-order valence-corrected chi connectivity index (χ2v) is 5.73. The van der Waals surface area contributed by atoms with Crippen LogP contribution in [0.25, 0.3) is 22.1 Å². The fraction of sp³-hybridized carbons (Fsp3) is 0.200. The van der Waals surface area contributed by atoms with Crippen molar-refractivity contribution in [2.24, 2.45) is 0 Å². The molecule has 5 heteroatoms. The van der Waals surface area contributed by atoms with Gasteiger partial charge in [-0.2, -0.15) is 0 Å². The van der Waals surface area contributed by atoms with Crippen molar-refractivity contribution < 1.29 is 13.3 Å². The number of carbonyl (C=O) groups excluding carboxylic acids is 1. The molecule has 0 saturated heterocycles. The Kier molecular flexibility index (Phi) is 3.60. The number of rotatable bonds is 4. The van der Waals surface area contributed by atoms with Gasteiger partial charge in [0.05, 0.1) is 6.54 Å². The Labute approximate surface area is 150 Å². The van der Waals surface area contributed by atoms with Crippen molar-refractivity contribution in [3.05, 3.63) is 64.5 Å². The van der Waals surface area contributed by atoms with Crippen molar-refractivity contribution in [1.82, 2.24) is 5.32 Å². The van der Waals surface area contributed by atoms with E-state index in [9.17, 15) is 9.59 Å². The average molecular weight is 339 g/mol. The van der Waals surface area contributed by atoms with Gasteiger partial charge in [-0.15, -0.1) is 0 Å². The molecule has 0 aliphatic carbocycles. The number of fused-ring (bicyclic) bond motifs is 1. The molecule has 1 N–H and O–H groups in total. The lowest BCUT2D eigenvalue weighted by Crippen LogP contribution is -2.32. The van der Waals surface area contributed by atoms with Crippen LogP contribution in [0.4, 0.5) is 5.69 Å². The van der Waals surface area contributed by atoms with Gasteiger partial charge < -0.3 is 14.6 Å². The van der Waals surface area contributed by atoms with E-state index in [1.165, 1.54) is 12.1 Å². The molecule has 0 radical (unpaired) electrons. The van der Waals surface area contributed by atoms with E-state index in [4.69, 9.17) is 8.53 Å². The molecule has 0 saturated carbocycles. The maximum absolute atomic E-state index is 12.2. The number of nitrogens with zero attached hydrogens (tertiary/aromatic N) is 1. The van der Waals surface area contributed by atoms with Gasteiger partial charge >= 0.3 is 5.63 Å². The summed E-state index contributed by atoms with van der Waals surface area (Å²) in [6.45, 7) is -2.17. The van der Waals surface area contributed by atoms with E-state index in [1.807, 2.05) is 0 Å². The van der Waals surface area contributed by atoms with Crippen LogP contribution in [0.2, 0.25) is 0 Å². The Morgan fingerprint density at radius 2 is 2.00 bits per heavy atom. The van der Waals surface area contributed by atoms with Gasteiger partial charge in [-0.3, -0.25) is 4.79 Å². The van der Waals surface area contributed by atoms with E-state index < -0.39 is 12.5 Å². The van der Waals surface area contributed by atoms with E-state index >= 15 is 0 Å². The van der Waals surface area contributed by atoms with Gasteiger partial charge in [0.15, 0.2) is 0 Å². The minimum atomic E-state index is -2.31. The summed E-state index contributed by atoms with van der Waals surface area (Å²) >= 11 is 0. The first-order chi connectivity index (χ1) is 13.2. The minimum Gasteiger partial charge on any atom is -0.423 e. The molecule has 5 nitrogen and oxygen atoms in total. The van der Waals surface area contributed by atoms with Crippen molar-refractivity contribution in [3.8, 4) is 11.1 Å². The Hall–Kier alpha value is -3.08. The lowest BCUT2D eigenvalue weighted by Gasteiger charge is -2.18. The fourth-order valence-corrected chi connectivity index (χ4v) is 2.72. The molecule has 1 heterocycles. The lowest BCUT2D eigenvalue weighted by atomic mass is 9.98. The Morgan fingerprint density at radius 1 is 1.20 bits per heavy atom. The molecule has 25 heavy (non-hydrogen) atoms. The van der Waals surface area contributed by atoms with Crippen LogP contribution in [-0.4, -0.2) is 26.5 Å². The second kappa shape index (κ2) is 6.81. The second-order valence-electron chi connectivity index (χ2n) is 5.73. The largest absolute Gasteiger partial charge is 0.423 e. The highest BCUT2D eigenvalue weighted by molar-refractivity contribution is 5.95. The predicted octanol–water partition coefficient (Wildman–Crippen LogP) is 2.95. The third kappa shape index (κ3) is 3.40. The molecule has 0 spiro atoms. The number of amides is 1. The highest BCUT2D eigenvalue weighted by atomic mass is 16.4. The van der Waals surface area contributed by atoms with Gasteiger partial charge in [0.25, 0.3) is 0 Å². The predicted molar refractivity (Wildman–Crippen MR) is 100.0 cm³/mol. The van der Waals surface area contributed by atoms with Crippen molar-refractivity contribution in [2.45, 2.75) is 6.85 Å². The monoisotopic (exact) mass is 339 g/mol. The van der Waals surface area contributed by atoms with Gasteiger partial charge in [0.1, 0.15) is 5.58 Å². The van der Waals surface area contributed by atoms with Crippen LogP contribution in [-0.2, 0) is 4.79 Å². The molecule has 0 atom stereocenters. The van der Waals surface area contributed by atoms with E-state index in [0.29, 0.717) is 27.8 Å². The SMILES string of the molecule is [2H]C([2H])([2H])c1ccccc1-c1cc(=O)oc2cc(N(C)CC(=O)NC)ccc12. The standard InChI is InChI=1S/C20H20N2O3/c1-13-6-4-5-7-15(13)17-11-20(24)25-18-10-14(8-9-16(17)18)22(3)12-19(23)21-2/h4-11H,12H2,1-3H3,(H,21,23)/i1D3. The van der Waals surface area contributed by atoms with E-state index in [0.717, 1.165) is 0 Å². The van der Waals surface area contributed by atoms with E-state index in [-0.39, 0.29) is 18.0 Å². The summed E-state index contributed by atoms with van der Waals surface area (Å²) in [6, 6.07) is 13.1. The van der Waals surface area contributed by atoms with Crippen LogP contribution in [0.3, 0.4) is 0 Å². The first-order valence-corrected chi connectivity index (χ1v) is 7.80. The maximum atomic E-state index is 12.2. The van der Waals surface area contributed by atoms with Crippen molar-refractivity contribution in [1.29, 1.82) is 0 Å². The van der Waals surface area contributed by atoms with Crippen molar-refractivity contribution >= 4 is 22.6 Å². The molecule has 0 aliphatic rings.